The van der Waals surface area contributed by atoms with Crippen LogP contribution in [0.1, 0.15) is 10.5 Å². The molecule has 3 aromatic rings. The minimum Gasteiger partial charge on any atom is -0.356 e. The van der Waals surface area contributed by atoms with Crippen molar-refractivity contribution in [2.24, 2.45) is 0 Å². The van der Waals surface area contributed by atoms with Crippen molar-refractivity contribution in [1.82, 2.24) is 19.5 Å². The molecule has 0 atom stereocenters. The van der Waals surface area contributed by atoms with E-state index in [0.29, 0.717) is 11.4 Å². The van der Waals surface area contributed by atoms with Crippen LogP contribution in [-0.2, 0) is 0 Å². The molecule has 3 aromatic heterocycles. The first kappa shape index (κ1) is 12.6. The van der Waals surface area contributed by atoms with E-state index in [9.17, 15) is 4.79 Å². The Hall–Kier alpha value is -2.41. The maximum atomic E-state index is 11.9. The molecular weight excluding hydrogens is 322 g/mol. The van der Waals surface area contributed by atoms with E-state index < -0.39 is 0 Å². The van der Waals surface area contributed by atoms with Crippen LogP contribution in [-0.4, -0.2) is 25.4 Å². The first-order chi connectivity index (χ1) is 9.72. The van der Waals surface area contributed by atoms with Gasteiger partial charge in [-0.05, 0) is 34.1 Å². The fraction of sp³-hybridized carbons (Fsp3) is 0. The summed E-state index contributed by atoms with van der Waals surface area (Å²) < 4.78 is 2.62. The Morgan fingerprint density at radius 2 is 2.30 bits per heavy atom. The average Bonchev–Trinajstić information content (AvgIpc) is 3.10. The number of hydrogen-bond acceptors (Lipinski definition) is 3. The Kier molecular flexibility index (Phi) is 3.34. The van der Waals surface area contributed by atoms with Crippen LogP contribution in [0.2, 0.25) is 0 Å². The van der Waals surface area contributed by atoms with Crippen molar-refractivity contribution in [2.45, 2.75) is 0 Å². The second-order valence-corrected chi connectivity index (χ2v) is 4.98. The summed E-state index contributed by atoms with van der Waals surface area (Å²) >= 11 is 3.29. The van der Waals surface area contributed by atoms with Crippen LogP contribution >= 0.6 is 15.9 Å². The molecule has 0 saturated carbocycles. The standard InChI is InChI=1S/C13H10BrN5O/c14-9-5-11(16-6-9)13(20)18-10-1-2-12(17-7-10)19-4-3-15-8-19/h1-8,16H,(H,18,20). The van der Waals surface area contributed by atoms with Crippen LogP contribution in [0.3, 0.4) is 0 Å². The number of nitrogens with zero attached hydrogens (tertiary/aromatic N) is 3. The highest BCUT2D eigenvalue weighted by atomic mass is 79.9. The first-order valence-corrected chi connectivity index (χ1v) is 6.61. The highest BCUT2D eigenvalue weighted by molar-refractivity contribution is 9.10. The van der Waals surface area contributed by atoms with Gasteiger partial charge >= 0.3 is 0 Å². The van der Waals surface area contributed by atoms with Crippen molar-refractivity contribution in [2.75, 3.05) is 5.32 Å². The Balaban J connectivity index is 1.74. The molecule has 0 aliphatic rings. The largest absolute Gasteiger partial charge is 0.356 e. The lowest BCUT2D eigenvalue weighted by atomic mass is 10.3. The van der Waals surface area contributed by atoms with Gasteiger partial charge in [-0.1, -0.05) is 0 Å². The fourth-order valence-corrected chi connectivity index (χ4v) is 2.05. The zero-order chi connectivity index (χ0) is 13.9. The zero-order valence-corrected chi connectivity index (χ0v) is 11.8. The predicted octanol–water partition coefficient (Wildman–Crippen LogP) is 2.61. The molecule has 0 fully saturated rings. The highest BCUT2D eigenvalue weighted by Crippen LogP contribution is 2.14. The summed E-state index contributed by atoms with van der Waals surface area (Å²) in [6.07, 6.45) is 8.45. The number of halogens is 1. The molecule has 1 amide bonds. The van der Waals surface area contributed by atoms with Gasteiger partial charge in [0, 0.05) is 23.1 Å². The average molecular weight is 332 g/mol. The van der Waals surface area contributed by atoms with Gasteiger partial charge in [0.15, 0.2) is 0 Å². The molecule has 0 saturated heterocycles. The van der Waals surface area contributed by atoms with Crippen LogP contribution in [0.25, 0.3) is 5.82 Å². The topological polar surface area (TPSA) is 75.6 Å². The van der Waals surface area contributed by atoms with Crippen molar-refractivity contribution in [3.05, 3.63) is 59.5 Å². The van der Waals surface area contributed by atoms with E-state index in [0.717, 1.165) is 10.3 Å². The summed E-state index contributed by atoms with van der Waals surface area (Å²) in [6.45, 7) is 0. The summed E-state index contributed by atoms with van der Waals surface area (Å²) in [5.41, 5.74) is 1.11. The number of carbonyl (C=O) groups is 1. The number of hydrogen-bond donors (Lipinski definition) is 2. The van der Waals surface area contributed by atoms with Crippen molar-refractivity contribution >= 4 is 27.5 Å². The van der Waals surface area contributed by atoms with Gasteiger partial charge in [-0.2, -0.15) is 0 Å². The molecule has 0 aromatic carbocycles. The van der Waals surface area contributed by atoms with E-state index in [1.807, 2.05) is 6.07 Å². The van der Waals surface area contributed by atoms with E-state index in [1.165, 1.54) is 0 Å². The highest BCUT2D eigenvalue weighted by Gasteiger charge is 2.08. The molecule has 0 aliphatic heterocycles. The van der Waals surface area contributed by atoms with E-state index in [-0.39, 0.29) is 5.91 Å². The van der Waals surface area contributed by atoms with Crippen molar-refractivity contribution in [3.63, 3.8) is 0 Å². The third-order valence-corrected chi connectivity index (χ3v) is 3.12. The van der Waals surface area contributed by atoms with Crippen LogP contribution in [0.5, 0.6) is 0 Å². The monoisotopic (exact) mass is 331 g/mol. The molecule has 3 heterocycles. The van der Waals surface area contributed by atoms with Gasteiger partial charge in [0.1, 0.15) is 17.8 Å². The van der Waals surface area contributed by atoms with Gasteiger partial charge in [-0.25, -0.2) is 9.97 Å². The molecule has 100 valence electrons. The summed E-state index contributed by atoms with van der Waals surface area (Å²) in [4.78, 5) is 23.0. The second-order valence-electron chi connectivity index (χ2n) is 4.06. The third-order valence-electron chi connectivity index (χ3n) is 2.67. The molecule has 0 radical (unpaired) electrons. The van der Waals surface area contributed by atoms with Gasteiger partial charge in [0.2, 0.25) is 0 Å². The van der Waals surface area contributed by atoms with E-state index in [2.05, 4.69) is 36.2 Å². The number of amides is 1. The maximum absolute atomic E-state index is 11.9. The van der Waals surface area contributed by atoms with E-state index >= 15 is 0 Å². The van der Waals surface area contributed by atoms with E-state index in [4.69, 9.17) is 0 Å². The number of aromatic nitrogens is 4. The smallest absolute Gasteiger partial charge is 0.272 e. The molecule has 7 heteroatoms. The SMILES string of the molecule is O=C(Nc1ccc(-n2ccnc2)nc1)c1cc(Br)c[nH]1. The lowest BCUT2D eigenvalue weighted by molar-refractivity contribution is 0.102. The number of pyridine rings is 1. The van der Waals surface area contributed by atoms with Crippen LogP contribution < -0.4 is 5.32 Å². The summed E-state index contributed by atoms with van der Waals surface area (Å²) in [5.74, 6) is 0.524. The van der Waals surface area contributed by atoms with Crippen LogP contribution in [0.4, 0.5) is 5.69 Å². The quantitative estimate of drug-likeness (QED) is 0.774. The number of H-pyrrole nitrogens is 1. The molecule has 0 spiro atoms. The Morgan fingerprint density at radius 3 is 2.90 bits per heavy atom. The molecule has 6 nitrogen and oxygen atoms in total. The molecule has 20 heavy (non-hydrogen) atoms. The van der Waals surface area contributed by atoms with Crippen molar-refractivity contribution in [3.8, 4) is 5.82 Å². The van der Waals surface area contributed by atoms with Crippen LogP contribution in [0.15, 0.2) is 53.8 Å². The zero-order valence-electron chi connectivity index (χ0n) is 10.2. The van der Waals surface area contributed by atoms with Gasteiger partial charge < -0.3 is 10.3 Å². The minimum atomic E-state index is -0.215. The van der Waals surface area contributed by atoms with E-state index in [1.54, 1.807) is 47.8 Å². The van der Waals surface area contributed by atoms with Crippen molar-refractivity contribution in [1.29, 1.82) is 0 Å². The number of aromatic amines is 1. The first-order valence-electron chi connectivity index (χ1n) is 5.82. The normalized spacial score (nSPS) is 10.4. The molecule has 0 aliphatic carbocycles. The Labute approximate surface area is 123 Å². The minimum absolute atomic E-state index is 0.215. The molecule has 0 bridgehead atoms. The summed E-state index contributed by atoms with van der Waals surface area (Å²) in [6, 6.07) is 5.31. The van der Waals surface area contributed by atoms with Crippen LogP contribution in [0, 0.1) is 0 Å². The summed E-state index contributed by atoms with van der Waals surface area (Å²) in [5, 5.41) is 2.77. The lowest BCUT2D eigenvalue weighted by Gasteiger charge is -2.05. The molecule has 3 rings (SSSR count). The molecule has 2 N–H and O–H groups in total. The number of nitrogens with one attached hydrogen (secondary N) is 2. The Bertz CT molecular complexity index is 718. The molecular formula is C13H10BrN5O. The maximum Gasteiger partial charge on any atom is 0.272 e. The second kappa shape index (κ2) is 5.30. The van der Waals surface area contributed by atoms with Gasteiger partial charge in [-0.3, -0.25) is 9.36 Å². The van der Waals surface area contributed by atoms with Gasteiger partial charge in [0.25, 0.3) is 5.91 Å². The lowest BCUT2D eigenvalue weighted by Crippen LogP contribution is -2.12. The summed E-state index contributed by atoms with van der Waals surface area (Å²) in [7, 11) is 0. The Morgan fingerprint density at radius 1 is 1.40 bits per heavy atom. The van der Waals surface area contributed by atoms with Gasteiger partial charge in [-0.15, -0.1) is 0 Å². The number of anilines is 1. The van der Waals surface area contributed by atoms with Gasteiger partial charge in [0.05, 0.1) is 11.9 Å². The third kappa shape index (κ3) is 2.62. The van der Waals surface area contributed by atoms with Crippen molar-refractivity contribution < 1.29 is 4.79 Å². The number of carbonyl (C=O) groups excluding carboxylic acids is 1. The number of rotatable bonds is 3. The molecule has 0 unspecified atom stereocenters. The fourth-order valence-electron chi connectivity index (χ4n) is 1.70. The predicted molar refractivity (Wildman–Crippen MR) is 77.8 cm³/mol. The number of imidazole rings is 1.